The van der Waals surface area contributed by atoms with Crippen molar-refractivity contribution in [1.82, 2.24) is 15.5 Å². The van der Waals surface area contributed by atoms with Crippen LogP contribution in [0.5, 0.6) is 0 Å². The molecule has 174 valence electrons. The molecule has 33 heavy (non-hydrogen) atoms. The Morgan fingerprint density at radius 3 is 2.45 bits per heavy atom. The van der Waals surface area contributed by atoms with E-state index in [0.717, 1.165) is 36.7 Å². The highest BCUT2D eigenvalue weighted by Gasteiger charge is 2.32. The summed E-state index contributed by atoms with van der Waals surface area (Å²) >= 11 is 1.63. The highest BCUT2D eigenvalue weighted by molar-refractivity contribution is 7.10. The molecule has 0 unspecified atom stereocenters. The predicted molar refractivity (Wildman–Crippen MR) is 125 cm³/mol. The van der Waals surface area contributed by atoms with Crippen molar-refractivity contribution in [2.24, 2.45) is 0 Å². The number of amides is 2. The molecule has 0 bridgehead atoms. The summed E-state index contributed by atoms with van der Waals surface area (Å²) < 4.78 is 18.4. The Bertz CT molecular complexity index is 1030. The third-order valence-electron chi connectivity index (χ3n) is 5.78. The number of anilines is 1. The average molecular weight is 471 g/mol. The maximum Gasteiger partial charge on any atom is 0.309 e. The first-order chi connectivity index (χ1) is 16.0. The van der Waals surface area contributed by atoms with Gasteiger partial charge in [-0.15, -0.1) is 11.3 Å². The van der Waals surface area contributed by atoms with Crippen LogP contribution in [0.2, 0.25) is 0 Å². The van der Waals surface area contributed by atoms with Crippen LogP contribution >= 0.6 is 11.3 Å². The van der Waals surface area contributed by atoms with Crippen LogP contribution in [0.3, 0.4) is 0 Å². The number of hydrogen-bond acceptors (Lipinski definition) is 6. The third-order valence-corrected chi connectivity index (χ3v) is 6.72. The fourth-order valence-corrected chi connectivity index (χ4v) is 5.09. The quantitative estimate of drug-likeness (QED) is 0.519. The molecule has 1 aliphatic heterocycles. The third kappa shape index (κ3) is 5.80. The molecule has 4 rings (SSSR count). The molecule has 1 aliphatic rings. The van der Waals surface area contributed by atoms with Gasteiger partial charge in [0.15, 0.2) is 0 Å². The molecule has 2 N–H and O–H groups in total. The summed E-state index contributed by atoms with van der Waals surface area (Å²) in [5, 5.41) is 7.47. The minimum atomic E-state index is -0.690. The van der Waals surface area contributed by atoms with Gasteiger partial charge in [0.2, 0.25) is 0 Å². The second-order valence-corrected chi connectivity index (χ2v) is 8.96. The summed E-state index contributed by atoms with van der Waals surface area (Å²) in [4.78, 5) is 30.5. The van der Waals surface area contributed by atoms with Gasteiger partial charge in [0.1, 0.15) is 11.6 Å². The maximum absolute atomic E-state index is 13.3. The van der Waals surface area contributed by atoms with Crippen LogP contribution in [0.15, 0.2) is 64.6 Å². The van der Waals surface area contributed by atoms with Crippen molar-refractivity contribution in [2.75, 3.05) is 31.1 Å². The van der Waals surface area contributed by atoms with E-state index in [9.17, 15) is 14.0 Å². The topological polar surface area (TPSA) is 77.8 Å². The lowest BCUT2D eigenvalue weighted by atomic mass is 10.0. The van der Waals surface area contributed by atoms with Crippen LogP contribution in [0.4, 0.5) is 10.1 Å². The van der Waals surface area contributed by atoms with Crippen LogP contribution in [-0.4, -0.2) is 48.9 Å². The first-order valence-electron chi connectivity index (χ1n) is 10.9. The van der Waals surface area contributed by atoms with E-state index in [4.69, 9.17) is 4.42 Å². The lowest BCUT2D eigenvalue weighted by molar-refractivity contribution is -0.140. The molecular formula is C24H27FN4O3S. The van der Waals surface area contributed by atoms with Gasteiger partial charge in [0, 0.05) is 42.8 Å². The summed E-state index contributed by atoms with van der Waals surface area (Å²) in [7, 11) is 0. The molecule has 0 aliphatic carbocycles. The van der Waals surface area contributed by atoms with Crippen LogP contribution in [-0.2, 0) is 16.1 Å². The van der Waals surface area contributed by atoms with Crippen LogP contribution in [0, 0.1) is 5.82 Å². The van der Waals surface area contributed by atoms with Gasteiger partial charge < -0.3 is 20.0 Å². The zero-order chi connectivity index (χ0) is 23.2. The zero-order valence-electron chi connectivity index (χ0n) is 18.4. The Morgan fingerprint density at radius 1 is 1.06 bits per heavy atom. The number of furan rings is 1. The van der Waals surface area contributed by atoms with Crippen molar-refractivity contribution >= 4 is 28.8 Å². The lowest BCUT2D eigenvalue weighted by Crippen LogP contribution is -2.53. The van der Waals surface area contributed by atoms with Gasteiger partial charge in [0.05, 0.1) is 18.8 Å². The Labute approximate surface area is 196 Å². The first-order valence-corrected chi connectivity index (χ1v) is 11.8. The van der Waals surface area contributed by atoms with Gasteiger partial charge in [-0.05, 0) is 54.8 Å². The van der Waals surface area contributed by atoms with Crippen molar-refractivity contribution in [2.45, 2.75) is 25.6 Å². The standard InChI is InChI=1S/C24H27FN4O3S/c1-17(27-24(31)23(30)26-16-20-4-2-14-32-20)22(21-5-3-15-33-21)29-12-10-28(11-13-29)19-8-6-18(25)7-9-19/h2-9,14-15,17,22H,10-13,16H2,1H3,(H,26,30)(H,27,31)/t17-,22-/m1/s1. The summed E-state index contributed by atoms with van der Waals surface area (Å²) in [5.74, 6) is -1.02. The van der Waals surface area contributed by atoms with E-state index in [0.29, 0.717) is 5.76 Å². The van der Waals surface area contributed by atoms with Gasteiger partial charge in [-0.2, -0.15) is 0 Å². The van der Waals surface area contributed by atoms with Gasteiger partial charge in [-0.25, -0.2) is 4.39 Å². The molecule has 0 spiro atoms. The predicted octanol–water partition coefficient (Wildman–Crippen LogP) is 3.16. The maximum atomic E-state index is 13.3. The van der Waals surface area contributed by atoms with Crippen molar-refractivity contribution in [3.63, 3.8) is 0 Å². The average Bonchev–Trinajstić information content (AvgIpc) is 3.53. The van der Waals surface area contributed by atoms with E-state index in [1.54, 1.807) is 35.6 Å². The summed E-state index contributed by atoms with van der Waals surface area (Å²) in [6.45, 7) is 5.23. The smallest absolute Gasteiger partial charge is 0.309 e. The van der Waals surface area contributed by atoms with E-state index in [1.165, 1.54) is 18.4 Å². The van der Waals surface area contributed by atoms with Crippen LogP contribution in [0.1, 0.15) is 23.6 Å². The minimum Gasteiger partial charge on any atom is -0.467 e. The Balaban J connectivity index is 1.37. The molecule has 1 fully saturated rings. The van der Waals surface area contributed by atoms with Crippen molar-refractivity contribution in [3.05, 3.63) is 76.6 Å². The molecule has 2 atom stereocenters. The summed E-state index contributed by atoms with van der Waals surface area (Å²) in [6.07, 6.45) is 1.52. The number of benzene rings is 1. The van der Waals surface area contributed by atoms with E-state index in [1.807, 2.05) is 18.4 Å². The van der Waals surface area contributed by atoms with E-state index in [2.05, 4.69) is 26.5 Å². The second-order valence-electron chi connectivity index (χ2n) is 7.98. The Morgan fingerprint density at radius 2 is 1.82 bits per heavy atom. The van der Waals surface area contributed by atoms with Gasteiger partial charge in [0.25, 0.3) is 0 Å². The molecule has 0 saturated carbocycles. The summed E-state index contributed by atoms with van der Waals surface area (Å²) in [5.41, 5.74) is 0.998. The van der Waals surface area contributed by atoms with E-state index >= 15 is 0 Å². The van der Waals surface area contributed by atoms with Crippen molar-refractivity contribution < 1.29 is 18.4 Å². The summed E-state index contributed by atoms with van der Waals surface area (Å²) in [6, 6.07) is 13.7. The lowest BCUT2D eigenvalue weighted by Gasteiger charge is -2.42. The molecule has 1 saturated heterocycles. The van der Waals surface area contributed by atoms with Crippen LogP contribution < -0.4 is 15.5 Å². The number of carbonyl (C=O) groups is 2. The molecular weight excluding hydrogens is 443 g/mol. The Hall–Kier alpha value is -3.17. The number of piperazine rings is 1. The number of halogens is 1. The van der Waals surface area contributed by atoms with Gasteiger partial charge in [-0.1, -0.05) is 6.07 Å². The molecule has 1 aromatic carbocycles. The minimum absolute atomic E-state index is 0.0535. The monoisotopic (exact) mass is 470 g/mol. The number of rotatable bonds is 7. The zero-order valence-corrected chi connectivity index (χ0v) is 19.2. The normalized spacial score (nSPS) is 16.2. The van der Waals surface area contributed by atoms with Gasteiger partial charge >= 0.3 is 11.8 Å². The van der Waals surface area contributed by atoms with E-state index in [-0.39, 0.29) is 24.4 Å². The fraction of sp³-hybridized carbons (Fsp3) is 0.333. The number of nitrogens with zero attached hydrogens (tertiary/aromatic N) is 2. The molecule has 2 aromatic heterocycles. The molecule has 0 radical (unpaired) electrons. The SMILES string of the molecule is C[C@@H](NC(=O)C(=O)NCc1ccco1)[C@H](c1cccs1)N1CCN(c2ccc(F)cc2)CC1. The van der Waals surface area contributed by atoms with Crippen molar-refractivity contribution in [1.29, 1.82) is 0 Å². The highest BCUT2D eigenvalue weighted by atomic mass is 32.1. The first kappa shape index (κ1) is 23.0. The van der Waals surface area contributed by atoms with Gasteiger partial charge in [-0.3, -0.25) is 14.5 Å². The largest absolute Gasteiger partial charge is 0.467 e. The number of nitrogens with one attached hydrogen (secondary N) is 2. The van der Waals surface area contributed by atoms with E-state index < -0.39 is 11.8 Å². The highest BCUT2D eigenvalue weighted by Crippen LogP contribution is 2.30. The Kier molecular flexibility index (Phi) is 7.41. The molecule has 9 heteroatoms. The van der Waals surface area contributed by atoms with Crippen molar-refractivity contribution in [3.8, 4) is 0 Å². The molecule has 3 heterocycles. The molecule has 7 nitrogen and oxygen atoms in total. The second kappa shape index (κ2) is 10.6. The fourth-order valence-electron chi connectivity index (χ4n) is 4.12. The molecule has 3 aromatic rings. The van der Waals surface area contributed by atoms with Crippen LogP contribution in [0.25, 0.3) is 0 Å². The number of hydrogen-bond donors (Lipinski definition) is 2. The number of carbonyl (C=O) groups excluding carboxylic acids is 2. The molecule has 2 amide bonds. The number of thiophene rings is 1.